The van der Waals surface area contributed by atoms with Crippen LogP contribution >= 0.6 is 11.3 Å². The Hall–Kier alpha value is -1.75. The summed E-state index contributed by atoms with van der Waals surface area (Å²) in [5.41, 5.74) is 1.71. The van der Waals surface area contributed by atoms with Crippen molar-refractivity contribution in [3.63, 3.8) is 0 Å². The molecule has 5 heteroatoms. The monoisotopic (exact) mass is 233 g/mol. The number of hydrogen-bond donors (Lipinski definition) is 1. The first-order chi connectivity index (χ1) is 7.75. The topological polar surface area (TPSA) is 54.9 Å². The van der Waals surface area contributed by atoms with Gasteiger partial charge in [0.1, 0.15) is 5.01 Å². The highest BCUT2D eigenvalue weighted by Crippen LogP contribution is 2.19. The van der Waals surface area contributed by atoms with Crippen LogP contribution < -0.4 is 5.32 Å². The van der Waals surface area contributed by atoms with E-state index in [-0.39, 0.29) is 5.91 Å². The van der Waals surface area contributed by atoms with Crippen LogP contribution in [-0.2, 0) is 11.3 Å². The van der Waals surface area contributed by atoms with Crippen LogP contribution in [0.3, 0.4) is 0 Å². The molecule has 0 aliphatic heterocycles. The van der Waals surface area contributed by atoms with E-state index >= 15 is 0 Å². The minimum Gasteiger partial charge on any atom is -0.350 e. The highest BCUT2D eigenvalue weighted by Gasteiger charge is 2.05. The fourth-order valence-electron chi connectivity index (χ4n) is 1.22. The normalized spacial score (nSPS) is 10.1. The first kappa shape index (κ1) is 10.8. The number of thiazole rings is 1. The van der Waals surface area contributed by atoms with Gasteiger partial charge in [0.05, 0.1) is 17.9 Å². The number of carbonyl (C=O) groups excluding carboxylic acids is 1. The molecule has 2 aromatic heterocycles. The summed E-state index contributed by atoms with van der Waals surface area (Å²) in [4.78, 5) is 19.4. The second kappa shape index (κ2) is 4.85. The zero-order chi connectivity index (χ0) is 11.4. The Kier molecular flexibility index (Phi) is 3.26. The number of aromatic nitrogens is 2. The van der Waals surface area contributed by atoms with E-state index in [0.29, 0.717) is 6.54 Å². The van der Waals surface area contributed by atoms with Crippen molar-refractivity contribution in [1.82, 2.24) is 15.3 Å². The SMILES string of the molecule is CC(=O)NCc1nc(-c2ccccn2)cs1. The summed E-state index contributed by atoms with van der Waals surface area (Å²) in [6.45, 7) is 1.97. The van der Waals surface area contributed by atoms with Crippen molar-refractivity contribution < 1.29 is 4.79 Å². The van der Waals surface area contributed by atoms with Crippen LogP contribution in [-0.4, -0.2) is 15.9 Å². The molecular weight excluding hydrogens is 222 g/mol. The van der Waals surface area contributed by atoms with Gasteiger partial charge in [0.25, 0.3) is 0 Å². The van der Waals surface area contributed by atoms with Gasteiger partial charge in [-0.2, -0.15) is 0 Å². The van der Waals surface area contributed by atoms with Crippen LogP contribution in [0.4, 0.5) is 0 Å². The van der Waals surface area contributed by atoms with Gasteiger partial charge in [-0.15, -0.1) is 11.3 Å². The smallest absolute Gasteiger partial charge is 0.217 e. The van der Waals surface area contributed by atoms with E-state index in [9.17, 15) is 4.79 Å². The molecule has 4 nitrogen and oxygen atoms in total. The van der Waals surface area contributed by atoms with Gasteiger partial charge in [-0.05, 0) is 12.1 Å². The number of carbonyl (C=O) groups is 1. The molecule has 0 unspecified atom stereocenters. The van der Waals surface area contributed by atoms with Crippen molar-refractivity contribution in [2.75, 3.05) is 0 Å². The van der Waals surface area contributed by atoms with Crippen LogP contribution in [0.5, 0.6) is 0 Å². The first-order valence-corrected chi connectivity index (χ1v) is 5.74. The molecule has 0 aliphatic rings. The van der Waals surface area contributed by atoms with E-state index in [2.05, 4.69) is 15.3 Å². The molecule has 0 aliphatic carbocycles. The number of nitrogens with one attached hydrogen (secondary N) is 1. The van der Waals surface area contributed by atoms with Gasteiger partial charge in [0, 0.05) is 18.5 Å². The summed E-state index contributed by atoms with van der Waals surface area (Å²) in [5.74, 6) is -0.0467. The van der Waals surface area contributed by atoms with E-state index in [1.54, 1.807) is 6.20 Å². The van der Waals surface area contributed by atoms with Crippen molar-refractivity contribution in [1.29, 1.82) is 0 Å². The molecule has 0 atom stereocenters. The van der Waals surface area contributed by atoms with Crippen LogP contribution in [0.25, 0.3) is 11.4 Å². The van der Waals surface area contributed by atoms with E-state index in [1.165, 1.54) is 18.3 Å². The zero-order valence-electron chi connectivity index (χ0n) is 8.80. The Morgan fingerprint density at radius 3 is 3.00 bits per heavy atom. The van der Waals surface area contributed by atoms with E-state index in [4.69, 9.17) is 0 Å². The summed E-state index contributed by atoms with van der Waals surface area (Å²) in [6, 6.07) is 5.71. The molecule has 2 heterocycles. The molecule has 0 spiro atoms. The van der Waals surface area contributed by atoms with Crippen molar-refractivity contribution in [2.24, 2.45) is 0 Å². The van der Waals surface area contributed by atoms with Crippen molar-refractivity contribution in [3.05, 3.63) is 34.8 Å². The minimum absolute atomic E-state index is 0.0467. The van der Waals surface area contributed by atoms with E-state index < -0.39 is 0 Å². The lowest BCUT2D eigenvalue weighted by Gasteiger charge is -1.96. The fourth-order valence-corrected chi connectivity index (χ4v) is 1.95. The molecule has 82 valence electrons. The molecule has 0 saturated heterocycles. The predicted molar refractivity (Wildman–Crippen MR) is 62.9 cm³/mol. The van der Waals surface area contributed by atoms with Gasteiger partial charge < -0.3 is 5.32 Å². The second-order valence-corrected chi connectivity index (χ2v) is 4.19. The Morgan fingerprint density at radius 1 is 1.44 bits per heavy atom. The lowest BCUT2D eigenvalue weighted by atomic mass is 10.3. The maximum atomic E-state index is 10.7. The van der Waals surface area contributed by atoms with Crippen molar-refractivity contribution in [3.8, 4) is 11.4 Å². The lowest BCUT2D eigenvalue weighted by molar-refractivity contribution is -0.119. The number of nitrogens with zero attached hydrogens (tertiary/aromatic N) is 2. The highest BCUT2D eigenvalue weighted by molar-refractivity contribution is 7.09. The molecule has 0 bridgehead atoms. The summed E-state index contributed by atoms with van der Waals surface area (Å²) in [5, 5.41) is 5.54. The standard InChI is InChI=1S/C11H11N3OS/c1-8(15)13-6-11-14-10(7-16-11)9-4-2-3-5-12-9/h2-5,7H,6H2,1H3,(H,13,15). The molecule has 0 radical (unpaired) electrons. The van der Waals surface area contributed by atoms with Crippen LogP contribution in [0.1, 0.15) is 11.9 Å². The summed E-state index contributed by atoms with van der Waals surface area (Å²) < 4.78 is 0. The van der Waals surface area contributed by atoms with Gasteiger partial charge in [0.15, 0.2) is 0 Å². The average molecular weight is 233 g/mol. The quantitative estimate of drug-likeness (QED) is 0.880. The number of amides is 1. The summed E-state index contributed by atoms with van der Waals surface area (Å²) in [6.07, 6.45) is 1.74. The third-order valence-corrected chi connectivity index (χ3v) is 2.82. The van der Waals surface area contributed by atoms with Crippen LogP contribution in [0.15, 0.2) is 29.8 Å². The Labute approximate surface area is 97.4 Å². The maximum Gasteiger partial charge on any atom is 0.217 e. The lowest BCUT2D eigenvalue weighted by Crippen LogP contribution is -2.18. The number of hydrogen-bond acceptors (Lipinski definition) is 4. The van der Waals surface area contributed by atoms with Gasteiger partial charge in [-0.1, -0.05) is 6.07 Å². The zero-order valence-corrected chi connectivity index (χ0v) is 9.62. The van der Waals surface area contributed by atoms with Gasteiger partial charge >= 0.3 is 0 Å². The molecule has 16 heavy (non-hydrogen) atoms. The van der Waals surface area contributed by atoms with E-state index in [1.807, 2.05) is 23.6 Å². The fraction of sp³-hybridized carbons (Fsp3) is 0.182. The number of rotatable bonds is 3. The first-order valence-electron chi connectivity index (χ1n) is 4.86. The van der Waals surface area contributed by atoms with Gasteiger partial charge in [-0.25, -0.2) is 4.98 Å². The van der Waals surface area contributed by atoms with Crippen molar-refractivity contribution in [2.45, 2.75) is 13.5 Å². The molecule has 1 amide bonds. The molecule has 1 N–H and O–H groups in total. The Morgan fingerprint density at radius 2 is 2.31 bits per heavy atom. The maximum absolute atomic E-state index is 10.7. The summed E-state index contributed by atoms with van der Waals surface area (Å²) >= 11 is 1.52. The highest BCUT2D eigenvalue weighted by atomic mass is 32.1. The second-order valence-electron chi connectivity index (χ2n) is 3.25. The number of pyridine rings is 1. The third kappa shape index (κ3) is 2.64. The largest absolute Gasteiger partial charge is 0.350 e. The molecule has 0 fully saturated rings. The van der Waals surface area contributed by atoms with Gasteiger partial charge in [-0.3, -0.25) is 9.78 Å². The summed E-state index contributed by atoms with van der Waals surface area (Å²) in [7, 11) is 0. The van der Waals surface area contributed by atoms with Crippen LogP contribution in [0, 0.1) is 0 Å². The molecular formula is C11H11N3OS. The van der Waals surface area contributed by atoms with E-state index in [0.717, 1.165) is 16.4 Å². The molecule has 0 aromatic carbocycles. The Balaban J connectivity index is 2.11. The predicted octanol–water partition coefficient (Wildman–Crippen LogP) is 1.84. The van der Waals surface area contributed by atoms with Gasteiger partial charge in [0.2, 0.25) is 5.91 Å². The molecule has 2 aromatic rings. The van der Waals surface area contributed by atoms with Crippen molar-refractivity contribution >= 4 is 17.2 Å². The third-order valence-electron chi connectivity index (χ3n) is 1.97. The van der Waals surface area contributed by atoms with Crippen LogP contribution in [0.2, 0.25) is 0 Å². The molecule has 2 rings (SSSR count). The Bertz CT molecular complexity index is 481. The molecule has 0 saturated carbocycles. The average Bonchev–Trinajstić information content (AvgIpc) is 2.76. The minimum atomic E-state index is -0.0467.